The van der Waals surface area contributed by atoms with Crippen LogP contribution in [0.4, 0.5) is 0 Å². The van der Waals surface area contributed by atoms with Crippen molar-refractivity contribution in [3.05, 3.63) is 47.6 Å². The van der Waals surface area contributed by atoms with Crippen LogP contribution in [0.15, 0.2) is 34.9 Å². The van der Waals surface area contributed by atoms with Crippen LogP contribution in [0, 0.1) is 0 Å². The first-order chi connectivity index (χ1) is 11.7. The van der Waals surface area contributed by atoms with E-state index in [1.807, 2.05) is 25.1 Å². The first-order valence-electron chi connectivity index (χ1n) is 8.14. The molecule has 0 aliphatic heterocycles. The number of benzene rings is 1. The molecule has 0 saturated carbocycles. The summed E-state index contributed by atoms with van der Waals surface area (Å²) in [4.78, 5) is 15.9. The van der Waals surface area contributed by atoms with Crippen LogP contribution >= 0.6 is 0 Å². The van der Waals surface area contributed by atoms with E-state index in [1.54, 1.807) is 0 Å². The van der Waals surface area contributed by atoms with Crippen LogP contribution < -0.4 is 5.32 Å². The van der Waals surface area contributed by atoms with Crippen LogP contribution in [-0.4, -0.2) is 32.6 Å². The summed E-state index contributed by atoms with van der Waals surface area (Å²) in [6, 6.07) is 10.1. The van der Waals surface area contributed by atoms with Crippen LogP contribution in [0.2, 0.25) is 0 Å². The lowest BCUT2D eigenvalue weighted by Crippen LogP contribution is -2.29. The average molecular weight is 349 g/mol. The van der Waals surface area contributed by atoms with Gasteiger partial charge in [-0.2, -0.15) is 4.98 Å². The molecule has 0 aliphatic carbocycles. The Bertz CT molecular complexity index is 658. The topological polar surface area (TPSA) is 85.1 Å². The molecule has 0 bridgehead atoms. The summed E-state index contributed by atoms with van der Waals surface area (Å²) in [6.07, 6.45) is 3.39. The number of aromatic nitrogens is 2. The second-order valence-electron chi connectivity index (χ2n) is 5.52. The number of carbonyl (C=O) groups is 1. The summed E-state index contributed by atoms with van der Waals surface area (Å²) in [7, 11) is -1.33. The summed E-state index contributed by atoms with van der Waals surface area (Å²) >= 11 is 0. The average Bonchev–Trinajstić information content (AvgIpc) is 3.00. The Balaban J connectivity index is 1.63. The zero-order valence-electron chi connectivity index (χ0n) is 13.9. The van der Waals surface area contributed by atoms with Crippen molar-refractivity contribution in [2.75, 3.05) is 12.3 Å². The van der Waals surface area contributed by atoms with E-state index in [0.29, 0.717) is 24.7 Å². The molecule has 1 aromatic heterocycles. The van der Waals surface area contributed by atoms with Gasteiger partial charge >= 0.3 is 0 Å². The van der Waals surface area contributed by atoms with Crippen LogP contribution in [0.25, 0.3) is 0 Å². The van der Waals surface area contributed by atoms with E-state index < -0.39 is 10.8 Å². The molecule has 1 amide bonds. The third-order valence-electron chi connectivity index (χ3n) is 3.36. The number of amides is 1. The van der Waals surface area contributed by atoms with Gasteiger partial charge in [0.25, 0.3) is 0 Å². The van der Waals surface area contributed by atoms with Crippen molar-refractivity contribution in [3.63, 3.8) is 0 Å². The summed E-state index contributed by atoms with van der Waals surface area (Å²) in [5.41, 5.74) is 1.25. The predicted molar refractivity (Wildman–Crippen MR) is 92.8 cm³/mol. The van der Waals surface area contributed by atoms with Gasteiger partial charge in [-0.15, -0.1) is 0 Å². The molecule has 1 heterocycles. The van der Waals surface area contributed by atoms with Gasteiger partial charge in [-0.3, -0.25) is 9.00 Å². The number of rotatable bonds is 10. The van der Waals surface area contributed by atoms with Crippen LogP contribution in [0.5, 0.6) is 0 Å². The number of hydrogen-bond acceptors (Lipinski definition) is 5. The lowest BCUT2D eigenvalue weighted by Gasteiger charge is -2.05. The fourth-order valence-corrected chi connectivity index (χ4v) is 3.12. The molecular formula is C17H23N3O3S. The molecule has 1 N–H and O–H groups in total. The first-order valence-corrected chi connectivity index (χ1v) is 9.63. The molecule has 24 heavy (non-hydrogen) atoms. The second kappa shape index (κ2) is 9.97. The van der Waals surface area contributed by atoms with Crippen molar-refractivity contribution in [1.29, 1.82) is 0 Å². The lowest BCUT2D eigenvalue weighted by atomic mass is 10.1. The zero-order valence-corrected chi connectivity index (χ0v) is 14.7. The van der Waals surface area contributed by atoms with Gasteiger partial charge in [0.15, 0.2) is 5.82 Å². The van der Waals surface area contributed by atoms with Gasteiger partial charge < -0.3 is 9.84 Å². The molecule has 1 aromatic carbocycles. The van der Waals surface area contributed by atoms with Gasteiger partial charge in [0.2, 0.25) is 11.8 Å². The molecule has 130 valence electrons. The summed E-state index contributed by atoms with van der Waals surface area (Å²) < 4.78 is 17.0. The molecule has 2 rings (SSSR count). The lowest BCUT2D eigenvalue weighted by molar-refractivity contribution is -0.118. The molecule has 2 aromatic rings. The van der Waals surface area contributed by atoms with Gasteiger partial charge in [-0.1, -0.05) is 42.4 Å². The van der Waals surface area contributed by atoms with Crippen LogP contribution in [-0.2, 0) is 34.2 Å². The highest BCUT2D eigenvalue weighted by Crippen LogP contribution is 2.04. The molecule has 0 spiro atoms. The molecule has 0 fully saturated rings. The number of nitrogens with zero attached hydrogens (tertiary/aromatic N) is 2. The van der Waals surface area contributed by atoms with Gasteiger partial charge in [-0.25, -0.2) is 0 Å². The Kier molecular flexibility index (Phi) is 7.61. The highest BCUT2D eigenvalue weighted by Gasteiger charge is 2.12. The van der Waals surface area contributed by atoms with Crippen molar-refractivity contribution in [3.8, 4) is 0 Å². The fraction of sp³-hybridized carbons (Fsp3) is 0.471. The Hall–Kier alpha value is -2.02. The van der Waals surface area contributed by atoms with Crippen molar-refractivity contribution >= 4 is 16.7 Å². The minimum atomic E-state index is -1.33. The highest BCUT2D eigenvalue weighted by atomic mass is 32.2. The molecule has 0 radical (unpaired) electrons. The van der Waals surface area contributed by atoms with E-state index in [9.17, 15) is 9.00 Å². The number of nitrogens with one attached hydrogen (secondary N) is 1. The monoisotopic (exact) mass is 349 g/mol. The normalized spacial score (nSPS) is 12.0. The molecule has 0 saturated heterocycles. The maximum absolute atomic E-state index is 12.0. The van der Waals surface area contributed by atoms with Gasteiger partial charge in [0.1, 0.15) is 5.75 Å². The molecule has 7 heteroatoms. The third kappa shape index (κ3) is 6.62. The Morgan fingerprint density at radius 1 is 1.25 bits per heavy atom. The van der Waals surface area contributed by atoms with E-state index in [0.717, 1.165) is 19.3 Å². The summed E-state index contributed by atoms with van der Waals surface area (Å²) in [5, 5.41) is 6.58. The van der Waals surface area contributed by atoms with E-state index in [2.05, 4.69) is 27.6 Å². The van der Waals surface area contributed by atoms with Crippen molar-refractivity contribution in [2.24, 2.45) is 0 Å². The SMILES string of the molecule is CCCc1nc(C[S@](=O)CC(=O)NCCCc2ccccc2)no1. The maximum atomic E-state index is 12.0. The third-order valence-corrected chi connectivity index (χ3v) is 4.53. The minimum Gasteiger partial charge on any atom is -0.355 e. The Labute approximate surface area is 144 Å². The first kappa shape index (κ1) is 18.3. The predicted octanol–water partition coefficient (Wildman–Crippen LogP) is 2.02. The molecule has 0 unspecified atom stereocenters. The number of hydrogen-bond donors (Lipinski definition) is 1. The largest absolute Gasteiger partial charge is 0.355 e. The van der Waals surface area contributed by atoms with Crippen molar-refractivity contribution in [2.45, 2.75) is 38.4 Å². The Morgan fingerprint density at radius 2 is 2.04 bits per heavy atom. The van der Waals surface area contributed by atoms with Gasteiger partial charge in [0, 0.05) is 23.8 Å². The molecule has 1 atom stereocenters. The van der Waals surface area contributed by atoms with Gasteiger partial charge in [0.05, 0.1) is 5.75 Å². The standard InChI is InChI=1S/C17H23N3O3S/c1-2-7-17-19-15(20-23-17)12-24(22)13-16(21)18-11-6-10-14-8-4-3-5-9-14/h3-5,8-9H,2,6-7,10-13H2,1H3,(H,18,21)/t24-/m0/s1. The van der Waals surface area contributed by atoms with E-state index >= 15 is 0 Å². The number of carbonyl (C=O) groups excluding carboxylic acids is 1. The fourth-order valence-electron chi connectivity index (χ4n) is 2.22. The van der Waals surface area contributed by atoms with E-state index in [1.165, 1.54) is 5.56 Å². The Morgan fingerprint density at radius 3 is 2.79 bits per heavy atom. The number of aryl methyl sites for hydroxylation is 2. The second-order valence-corrected chi connectivity index (χ2v) is 6.98. The van der Waals surface area contributed by atoms with E-state index in [-0.39, 0.29) is 17.4 Å². The van der Waals surface area contributed by atoms with E-state index in [4.69, 9.17) is 4.52 Å². The van der Waals surface area contributed by atoms with Crippen LogP contribution in [0.3, 0.4) is 0 Å². The smallest absolute Gasteiger partial charge is 0.232 e. The van der Waals surface area contributed by atoms with Gasteiger partial charge in [-0.05, 0) is 24.8 Å². The summed E-state index contributed by atoms with van der Waals surface area (Å²) in [5.74, 6) is 0.843. The van der Waals surface area contributed by atoms with Crippen molar-refractivity contribution in [1.82, 2.24) is 15.5 Å². The minimum absolute atomic E-state index is 0.0387. The van der Waals surface area contributed by atoms with Crippen LogP contribution in [0.1, 0.15) is 37.0 Å². The molecule has 0 aliphatic rings. The quantitative estimate of drug-likeness (QED) is 0.663. The maximum Gasteiger partial charge on any atom is 0.232 e. The van der Waals surface area contributed by atoms with Crippen molar-refractivity contribution < 1.29 is 13.5 Å². The zero-order chi connectivity index (χ0) is 17.2. The molecular weight excluding hydrogens is 326 g/mol. The summed E-state index contributed by atoms with van der Waals surface area (Å²) in [6.45, 7) is 2.60. The highest BCUT2D eigenvalue weighted by molar-refractivity contribution is 7.84. The molecule has 6 nitrogen and oxygen atoms in total.